The third kappa shape index (κ3) is 2.62. The van der Waals surface area contributed by atoms with Crippen LogP contribution in [-0.4, -0.2) is 7.05 Å². The smallest absolute Gasteiger partial charge is 0.182 e. The van der Waals surface area contributed by atoms with E-state index in [0.717, 1.165) is 4.88 Å². The Morgan fingerprint density at radius 1 is 1.26 bits per heavy atom. The van der Waals surface area contributed by atoms with Gasteiger partial charge in [-0.3, -0.25) is 0 Å². The fourth-order valence-electron chi connectivity index (χ4n) is 1.94. The van der Waals surface area contributed by atoms with Crippen LogP contribution in [0.5, 0.6) is 0 Å². The van der Waals surface area contributed by atoms with Crippen molar-refractivity contribution in [2.75, 3.05) is 11.9 Å². The molecule has 2 aromatic rings. The molecular formula is C14H16F2N2S. The molecule has 0 bridgehead atoms. The minimum atomic E-state index is -0.856. The summed E-state index contributed by atoms with van der Waals surface area (Å²) >= 11 is 1.59. The molecule has 0 saturated carbocycles. The van der Waals surface area contributed by atoms with Crippen molar-refractivity contribution in [3.63, 3.8) is 0 Å². The lowest BCUT2D eigenvalue weighted by Gasteiger charge is -2.27. The molecule has 1 unspecified atom stereocenters. The summed E-state index contributed by atoms with van der Waals surface area (Å²) < 4.78 is 27.8. The first kappa shape index (κ1) is 14.0. The molecule has 1 atom stereocenters. The highest BCUT2D eigenvalue weighted by atomic mass is 32.1. The van der Waals surface area contributed by atoms with E-state index in [1.807, 2.05) is 24.4 Å². The van der Waals surface area contributed by atoms with E-state index >= 15 is 0 Å². The van der Waals surface area contributed by atoms with Gasteiger partial charge in [0.25, 0.3) is 0 Å². The van der Waals surface area contributed by atoms with Crippen LogP contribution in [0.3, 0.4) is 0 Å². The molecule has 0 aliphatic carbocycles. The predicted octanol–water partition coefficient (Wildman–Crippen LogP) is 3.68. The van der Waals surface area contributed by atoms with Crippen LogP contribution in [0.2, 0.25) is 0 Å². The quantitative estimate of drug-likeness (QED) is 0.927. The number of benzene rings is 1. The zero-order valence-electron chi connectivity index (χ0n) is 10.9. The van der Waals surface area contributed by atoms with Gasteiger partial charge in [0.05, 0.1) is 11.7 Å². The zero-order valence-corrected chi connectivity index (χ0v) is 11.7. The maximum Gasteiger partial charge on any atom is 0.182 e. The Bertz CT molecular complexity index is 555. The Hall–Kier alpha value is -1.46. The lowest BCUT2D eigenvalue weighted by atomic mass is 10.1. The van der Waals surface area contributed by atoms with Crippen molar-refractivity contribution in [2.45, 2.75) is 19.5 Å². The second-order valence-corrected chi connectivity index (χ2v) is 5.36. The summed E-state index contributed by atoms with van der Waals surface area (Å²) in [6.45, 7) is 1.95. The molecule has 2 nitrogen and oxygen atoms in total. The standard InChI is InChI=1S/C14H16F2N2S/c1-9(12-4-3-7-19-12)18(2)11-6-5-10(8-17)13(15)14(11)16/h3-7,9H,8,17H2,1-2H3. The molecule has 5 heteroatoms. The summed E-state index contributed by atoms with van der Waals surface area (Å²) in [4.78, 5) is 2.83. The average Bonchev–Trinajstić information content (AvgIpc) is 2.94. The summed E-state index contributed by atoms with van der Waals surface area (Å²) in [6.07, 6.45) is 0. The van der Waals surface area contributed by atoms with E-state index in [1.54, 1.807) is 29.4 Å². The SMILES string of the molecule is CC(c1cccs1)N(C)c1ccc(CN)c(F)c1F. The van der Waals surface area contributed by atoms with Crippen molar-refractivity contribution in [1.82, 2.24) is 0 Å². The second-order valence-electron chi connectivity index (χ2n) is 4.38. The monoisotopic (exact) mass is 282 g/mol. The lowest BCUT2D eigenvalue weighted by molar-refractivity contribution is 0.496. The molecule has 0 fully saturated rings. The minimum Gasteiger partial charge on any atom is -0.365 e. The first-order chi connectivity index (χ1) is 9.06. The van der Waals surface area contributed by atoms with Gasteiger partial charge < -0.3 is 10.6 Å². The number of halogens is 2. The number of nitrogens with zero attached hydrogens (tertiary/aromatic N) is 1. The number of rotatable bonds is 4. The Balaban J connectivity index is 2.34. The van der Waals surface area contributed by atoms with E-state index < -0.39 is 11.6 Å². The molecule has 1 aromatic heterocycles. The van der Waals surface area contributed by atoms with Crippen LogP contribution >= 0.6 is 11.3 Å². The van der Waals surface area contributed by atoms with Crippen LogP contribution in [-0.2, 0) is 6.54 Å². The molecule has 0 saturated heterocycles. The van der Waals surface area contributed by atoms with E-state index in [1.165, 1.54) is 6.07 Å². The van der Waals surface area contributed by atoms with E-state index in [-0.39, 0.29) is 23.8 Å². The van der Waals surface area contributed by atoms with Gasteiger partial charge in [-0.25, -0.2) is 8.78 Å². The molecule has 0 amide bonds. The van der Waals surface area contributed by atoms with Gasteiger partial charge >= 0.3 is 0 Å². The molecule has 2 rings (SSSR count). The van der Waals surface area contributed by atoms with Gasteiger partial charge in [0.1, 0.15) is 0 Å². The topological polar surface area (TPSA) is 29.3 Å². The Kier molecular flexibility index (Phi) is 4.17. The molecule has 19 heavy (non-hydrogen) atoms. The van der Waals surface area contributed by atoms with Crippen molar-refractivity contribution in [3.05, 3.63) is 51.7 Å². The number of nitrogens with two attached hydrogens (primary N) is 1. The molecule has 0 aliphatic heterocycles. The number of anilines is 1. The Morgan fingerprint density at radius 2 is 2.00 bits per heavy atom. The Morgan fingerprint density at radius 3 is 2.58 bits per heavy atom. The average molecular weight is 282 g/mol. The molecular weight excluding hydrogens is 266 g/mol. The lowest BCUT2D eigenvalue weighted by Crippen LogP contribution is -2.22. The van der Waals surface area contributed by atoms with Crippen LogP contribution in [0, 0.1) is 11.6 Å². The highest BCUT2D eigenvalue weighted by molar-refractivity contribution is 7.10. The van der Waals surface area contributed by atoms with Gasteiger partial charge in [0.2, 0.25) is 0 Å². The third-order valence-corrected chi connectivity index (χ3v) is 4.32. The van der Waals surface area contributed by atoms with Gasteiger partial charge in [0, 0.05) is 24.0 Å². The highest BCUT2D eigenvalue weighted by Gasteiger charge is 2.20. The van der Waals surface area contributed by atoms with Crippen LogP contribution < -0.4 is 10.6 Å². The van der Waals surface area contributed by atoms with Gasteiger partial charge in [-0.2, -0.15) is 0 Å². The third-order valence-electron chi connectivity index (χ3n) is 3.28. The van der Waals surface area contributed by atoms with Gasteiger partial charge in [0.15, 0.2) is 11.6 Å². The normalized spacial score (nSPS) is 12.5. The molecule has 0 radical (unpaired) electrons. The molecule has 102 valence electrons. The molecule has 1 heterocycles. The van der Waals surface area contributed by atoms with Crippen molar-refractivity contribution in [1.29, 1.82) is 0 Å². The number of thiophene rings is 1. The molecule has 0 aliphatic rings. The summed E-state index contributed by atoms with van der Waals surface area (Å²) in [5.41, 5.74) is 5.80. The fraction of sp³-hybridized carbons (Fsp3) is 0.286. The van der Waals surface area contributed by atoms with Crippen LogP contribution in [0.25, 0.3) is 0 Å². The minimum absolute atomic E-state index is 0.00672. The Labute approximate surface area is 115 Å². The first-order valence-corrected chi connectivity index (χ1v) is 6.87. The van der Waals surface area contributed by atoms with Gasteiger partial charge in [-0.1, -0.05) is 12.1 Å². The molecule has 2 N–H and O–H groups in total. The molecule has 1 aromatic carbocycles. The summed E-state index contributed by atoms with van der Waals surface area (Å²) in [7, 11) is 1.75. The van der Waals surface area contributed by atoms with E-state index in [4.69, 9.17) is 5.73 Å². The van der Waals surface area contributed by atoms with Crippen LogP contribution in [0.15, 0.2) is 29.6 Å². The van der Waals surface area contributed by atoms with Gasteiger partial charge in [-0.05, 0) is 24.4 Å². The van der Waals surface area contributed by atoms with Crippen molar-refractivity contribution >= 4 is 17.0 Å². The van der Waals surface area contributed by atoms with Crippen molar-refractivity contribution in [3.8, 4) is 0 Å². The van der Waals surface area contributed by atoms with Crippen LogP contribution in [0.1, 0.15) is 23.4 Å². The maximum absolute atomic E-state index is 14.0. The summed E-state index contributed by atoms with van der Waals surface area (Å²) in [5.74, 6) is -1.70. The summed E-state index contributed by atoms with van der Waals surface area (Å²) in [5, 5.41) is 1.97. The second kappa shape index (κ2) is 5.67. The van der Waals surface area contributed by atoms with E-state index in [2.05, 4.69) is 0 Å². The molecule has 0 spiro atoms. The van der Waals surface area contributed by atoms with Gasteiger partial charge in [-0.15, -0.1) is 11.3 Å². The van der Waals surface area contributed by atoms with E-state index in [0.29, 0.717) is 0 Å². The zero-order chi connectivity index (χ0) is 14.0. The number of hydrogen-bond acceptors (Lipinski definition) is 3. The van der Waals surface area contributed by atoms with Crippen molar-refractivity contribution in [2.24, 2.45) is 5.73 Å². The van der Waals surface area contributed by atoms with Crippen molar-refractivity contribution < 1.29 is 8.78 Å². The highest BCUT2D eigenvalue weighted by Crippen LogP contribution is 2.31. The summed E-state index contributed by atoms with van der Waals surface area (Å²) in [6, 6.07) is 7.01. The van der Waals surface area contributed by atoms with E-state index in [9.17, 15) is 8.78 Å². The predicted molar refractivity (Wildman–Crippen MR) is 75.4 cm³/mol. The number of hydrogen-bond donors (Lipinski definition) is 1. The van der Waals surface area contributed by atoms with Crippen LogP contribution in [0.4, 0.5) is 14.5 Å². The maximum atomic E-state index is 14.0. The first-order valence-electron chi connectivity index (χ1n) is 5.99. The fourth-order valence-corrected chi connectivity index (χ4v) is 2.76. The largest absolute Gasteiger partial charge is 0.365 e.